The van der Waals surface area contributed by atoms with Gasteiger partial charge in [-0.25, -0.2) is 0 Å². The summed E-state index contributed by atoms with van der Waals surface area (Å²) in [5.74, 6) is 4.04. The topological polar surface area (TPSA) is 55.1 Å². The van der Waals surface area contributed by atoms with Gasteiger partial charge in [-0.15, -0.1) is 0 Å². The largest absolute Gasteiger partial charge is 0.320 e. The molecule has 12 heavy (non-hydrogen) atoms. The molecule has 0 unspecified atom stereocenters. The van der Waals surface area contributed by atoms with E-state index in [2.05, 4.69) is 18.8 Å². The third-order valence-electron chi connectivity index (χ3n) is 0.768. The second-order valence-electron chi connectivity index (χ2n) is 1.64. The van der Waals surface area contributed by atoms with Crippen molar-refractivity contribution < 1.29 is 37.5 Å². The molecule has 1 amide bonds. The Morgan fingerprint density at radius 2 is 1.75 bits per heavy atom. The number of hydrazine groups is 1. The molecule has 63 valence electrons. The molecule has 0 aliphatic rings. The van der Waals surface area contributed by atoms with Crippen LogP contribution in [0.1, 0.15) is 0 Å². The first-order chi connectivity index (χ1) is 5.27. The van der Waals surface area contributed by atoms with Crippen molar-refractivity contribution in [2.75, 3.05) is 0 Å². The zero-order valence-corrected chi connectivity index (χ0v) is 9.50. The Morgan fingerprint density at radius 1 is 1.33 bits per heavy atom. The zero-order chi connectivity index (χ0) is 8.53. The molecule has 0 spiro atoms. The van der Waals surface area contributed by atoms with Gasteiger partial charge in [0.05, 0.1) is 5.91 Å². The maximum absolute atomic E-state index is 9.47. The van der Waals surface area contributed by atoms with E-state index in [1.807, 2.05) is 30.3 Å². The first-order valence-corrected chi connectivity index (χ1v) is 3.01. The van der Waals surface area contributed by atoms with E-state index in [1.54, 1.807) is 5.43 Å². The third kappa shape index (κ3) is 12.3. The maximum atomic E-state index is 9.47. The summed E-state index contributed by atoms with van der Waals surface area (Å²) < 4.78 is 0. The molecule has 1 radical (unpaired) electrons. The van der Waals surface area contributed by atoms with Crippen LogP contribution in [0.15, 0.2) is 30.3 Å². The fourth-order valence-electron chi connectivity index (χ4n) is 0.342. The second-order valence-corrected chi connectivity index (χ2v) is 1.64. The van der Waals surface area contributed by atoms with Crippen molar-refractivity contribution in [1.82, 2.24) is 5.43 Å². The van der Waals surface area contributed by atoms with Crippen molar-refractivity contribution in [2.45, 2.75) is 0 Å². The summed E-state index contributed by atoms with van der Waals surface area (Å²) in [7, 11) is 0. The van der Waals surface area contributed by atoms with E-state index in [4.69, 9.17) is 0 Å². The van der Waals surface area contributed by atoms with Crippen LogP contribution < -0.4 is 11.3 Å². The molecular formula is C8H10N2OY-2. The van der Waals surface area contributed by atoms with E-state index in [1.165, 1.54) is 0 Å². The summed E-state index contributed by atoms with van der Waals surface area (Å²) in [4.78, 5) is 9.47. The van der Waals surface area contributed by atoms with Crippen molar-refractivity contribution in [3.05, 3.63) is 43.3 Å². The normalized spacial score (nSPS) is 6.75. The van der Waals surface area contributed by atoms with Crippen LogP contribution in [0.25, 0.3) is 0 Å². The number of carbonyl (C=O) groups is 1. The summed E-state index contributed by atoms with van der Waals surface area (Å²) in [6, 6.07) is 12.5. The van der Waals surface area contributed by atoms with E-state index in [0.717, 1.165) is 0 Å². The molecular weight excluding hydrogens is 229 g/mol. The smallest absolute Gasteiger partial charge is 0.0937 e. The van der Waals surface area contributed by atoms with Gasteiger partial charge in [0.2, 0.25) is 0 Å². The van der Waals surface area contributed by atoms with Crippen molar-refractivity contribution in [2.24, 2.45) is 5.84 Å². The van der Waals surface area contributed by atoms with E-state index in [-0.39, 0.29) is 32.7 Å². The average molecular weight is 239 g/mol. The quantitative estimate of drug-likeness (QED) is 0.296. The molecule has 0 aliphatic carbocycles. The van der Waals surface area contributed by atoms with Crippen LogP contribution in [0.4, 0.5) is 0 Å². The van der Waals surface area contributed by atoms with Gasteiger partial charge < -0.3 is 17.1 Å². The average Bonchev–Trinajstić information content (AvgIpc) is 2.09. The van der Waals surface area contributed by atoms with Gasteiger partial charge in [0.25, 0.3) is 0 Å². The summed E-state index contributed by atoms with van der Waals surface area (Å²) in [6.07, 6.45) is 0. The van der Waals surface area contributed by atoms with Crippen molar-refractivity contribution in [3.63, 3.8) is 0 Å². The molecule has 1 rings (SSSR count). The second kappa shape index (κ2) is 10.6. The number of nitrogens with two attached hydrogens (primary N) is 1. The number of nitrogens with one attached hydrogen (secondary N) is 1. The Balaban J connectivity index is 0. The fraction of sp³-hybridized carbons (Fsp3) is 0. The molecule has 3 nitrogen and oxygen atoms in total. The van der Waals surface area contributed by atoms with Crippen LogP contribution in [0, 0.1) is 13.0 Å². The number of rotatable bonds is 0. The predicted molar refractivity (Wildman–Crippen MR) is 43.0 cm³/mol. The van der Waals surface area contributed by atoms with E-state index in [0.29, 0.717) is 0 Å². The Kier molecular flexibility index (Phi) is 12.5. The summed E-state index contributed by atoms with van der Waals surface area (Å²) in [5, 5.41) is 0. The molecule has 0 saturated carbocycles. The molecule has 0 bridgehead atoms. The van der Waals surface area contributed by atoms with Gasteiger partial charge in [0, 0.05) is 32.7 Å². The summed E-state index contributed by atoms with van der Waals surface area (Å²) >= 11 is 0. The van der Waals surface area contributed by atoms with Gasteiger partial charge in [0.15, 0.2) is 0 Å². The molecule has 0 saturated heterocycles. The molecule has 0 aromatic heterocycles. The van der Waals surface area contributed by atoms with Gasteiger partial charge in [0.1, 0.15) is 0 Å². The van der Waals surface area contributed by atoms with Gasteiger partial charge >= 0.3 is 0 Å². The Hall–Kier alpha value is -0.376. The first-order valence-electron chi connectivity index (χ1n) is 3.01. The van der Waals surface area contributed by atoms with Crippen molar-refractivity contribution in [3.8, 4) is 0 Å². The molecule has 1 aromatic rings. The summed E-state index contributed by atoms with van der Waals surface area (Å²) in [6.45, 7) is 2.88. The number of amides is 1. The molecule has 0 aliphatic heterocycles. The number of carbonyl (C=O) groups excluding carboxylic acids is 1. The SMILES string of the molecule is [CH2-]C(=O)NN.[Y].[c-]1ccccc1. The van der Waals surface area contributed by atoms with Crippen LogP contribution >= 0.6 is 0 Å². The minimum atomic E-state index is -0.468. The number of hydrogen-bond acceptors (Lipinski definition) is 2. The van der Waals surface area contributed by atoms with Gasteiger partial charge in [-0.05, 0) is 0 Å². The minimum absolute atomic E-state index is 0. The Morgan fingerprint density at radius 3 is 1.83 bits per heavy atom. The van der Waals surface area contributed by atoms with Crippen molar-refractivity contribution in [1.29, 1.82) is 0 Å². The minimum Gasteiger partial charge on any atom is -0.320 e. The first kappa shape index (κ1) is 14.2. The van der Waals surface area contributed by atoms with Crippen LogP contribution in [0.2, 0.25) is 0 Å². The number of hydrogen-bond donors (Lipinski definition) is 2. The Labute approximate surface area is 97.6 Å². The van der Waals surface area contributed by atoms with Crippen LogP contribution in [0.5, 0.6) is 0 Å². The van der Waals surface area contributed by atoms with Gasteiger partial charge in [-0.1, -0.05) is 0 Å². The van der Waals surface area contributed by atoms with Gasteiger partial charge in [-0.2, -0.15) is 36.4 Å². The third-order valence-corrected chi connectivity index (χ3v) is 0.768. The zero-order valence-electron chi connectivity index (χ0n) is 6.66. The Bertz CT molecular complexity index is 165. The molecule has 0 fully saturated rings. The van der Waals surface area contributed by atoms with E-state index >= 15 is 0 Å². The monoisotopic (exact) mass is 239 g/mol. The molecule has 1 aromatic carbocycles. The standard InChI is InChI=1S/C6H5.C2H5N2O.Y/c1-2-4-6-5-3-1;1-2(5)4-3;/h1-5H;1,3H2,(H,4,5);/q2*-1;. The predicted octanol–water partition coefficient (Wildman–Crippen LogP) is 0.295. The molecule has 4 heteroatoms. The van der Waals surface area contributed by atoms with Crippen LogP contribution in [-0.2, 0) is 37.5 Å². The summed E-state index contributed by atoms with van der Waals surface area (Å²) in [5.41, 5.74) is 1.78. The van der Waals surface area contributed by atoms with E-state index in [9.17, 15) is 4.79 Å². The van der Waals surface area contributed by atoms with E-state index < -0.39 is 5.91 Å². The van der Waals surface area contributed by atoms with Gasteiger partial charge in [-0.3, -0.25) is 5.84 Å². The van der Waals surface area contributed by atoms with Crippen LogP contribution in [0.3, 0.4) is 0 Å². The van der Waals surface area contributed by atoms with Crippen LogP contribution in [-0.4, -0.2) is 5.91 Å². The number of benzene rings is 1. The van der Waals surface area contributed by atoms with Crippen molar-refractivity contribution >= 4 is 5.91 Å². The molecule has 0 heterocycles. The molecule has 0 atom stereocenters. The molecule has 3 N–H and O–H groups in total. The maximum Gasteiger partial charge on any atom is 0.0937 e. The fourth-order valence-corrected chi connectivity index (χ4v) is 0.342.